The normalized spacial score (nSPS) is 13.7. The van der Waals surface area contributed by atoms with Crippen molar-refractivity contribution in [2.45, 2.75) is 18.9 Å². The van der Waals surface area contributed by atoms with E-state index in [0.717, 1.165) is 12.8 Å². The van der Waals surface area contributed by atoms with Crippen LogP contribution in [0, 0.1) is 0 Å². The van der Waals surface area contributed by atoms with Crippen LogP contribution in [0.4, 0.5) is 0 Å². The quantitative estimate of drug-likeness (QED) is 0.780. The second-order valence-corrected chi connectivity index (χ2v) is 4.33. The molecule has 0 heterocycles. The first-order chi connectivity index (χ1) is 9.11. The maximum absolute atomic E-state index is 11.6. The fourth-order valence-corrected chi connectivity index (χ4v) is 1.65. The predicted molar refractivity (Wildman–Crippen MR) is 68.2 cm³/mol. The number of para-hydroxylation sites is 1. The molecule has 6 nitrogen and oxygen atoms in total. The van der Waals surface area contributed by atoms with Gasteiger partial charge in [-0.1, -0.05) is 6.07 Å². The Labute approximate surface area is 110 Å². The number of amides is 2. The van der Waals surface area contributed by atoms with E-state index in [-0.39, 0.29) is 29.9 Å². The summed E-state index contributed by atoms with van der Waals surface area (Å²) in [5.74, 6) is -0.278. The fourth-order valence-electron chi connectivity index (χ4n) is 1.65. The van der Waals surface area contributed by atoms with Crippen LogP contribution in [0.3, 0.4) is 0 Å². The Bertz CT molecular complexity index is 497. The Morgan fingerprint density at radius 1 is 1.42 bits per heavy atom. The number of nitrogens with two attached hydrogens (primary N) is 1. The zero-order valence-electron chi connectivity index (χ0n) is 10.6. The first kappa shape index (κ1) is 13.2. The van der Waals surface area contributed by atoms with Gasteiger partial charge in [0.15, 0.2) is 18.1 Å². The van der Waals surface area contributed by atoms with Gasteiger partial charge in [0.1, 0.15) is 0 Å². The molecule has 1 aliphatic rings. The molecular weight excluding hydrogens is 248 g/mol. The van der Waals surface area contributed by atoms with Crippen LogP contribution in [-0.2, 0) is 4.79 Å². The van der Waals surface area contributed by atoms with Gasteiger partial charge in [0.25, 0.3) is 11.8 Å². The molecule has 6 heteroatoms. The van der Waals surface area contributed by atoms with Crippen LogP contribution in [0.2, 0.25) is 0 Å². The third-order valence-corrected chi connectivity index (χ3v) is 2.75. The van der Waals surface area contributed by atoms with Crippen LogP contribution >= 0.6 is 0 Å². The molecule has 19 heavy (non-hydrogen) atoms. The summed E-state index contributed by atoms with van der Waals surface area (Å²) in [4.78, 5) is 22.9. The number of carbonyl (C=O) groups is 2. The summed E-state index contributed by atoms with van der Waals surface area (Å²) < 4.78 is 10.5. The van der Waals surface area contributed by atoms with Crippen LogP contribution in [0.25, 0.3) is 0 Å². The molecule has 0 aromatic heterocycles. The van der Waals surface area contributed by atoms with Crippen LogP contribution in [0.1, 0.15) is 23.2 Å². The van der Waals surface area contributed by atoms with Crippen molar-refractivity contribution in [2.75, 3.05) is 13.7 Å². The van der Waals surface area contributed by atoms with Crippen molar-refractivity contribution in [3.63, 3.8) is 0 Å². The molecule has 102 valence electrons. The maximum atomic E-state index is 11.6. The van der Waals surface area contributed by atoms with Gasteiger partial charge in [-0.05, 0) is 25.0 Å². The van der Waals surface area contributed by atoms with Crippen LogP contribution in [-0.4, -0.2) is 31.6 Å². The van der Waals surface area contributed by atoms with Gasteiger partial charge < -0.3 is 20.5 Å². The molecule has 3 N–H and O–H groups in total. The van der Waals surface area contributed by atoms with Crippen molar-refractivity contribution in [2.24, 2.45) is 5.73 Å². The zero-order valence-corrected chi connectivity index (χ0v) is 10.6. The van der Waals surface area contributed by atoms with E-state index in [1.807, 2.05) is 0 Å². The number of ether oxygens (including phenoxy) is 2. The summed E-state index contributed by atoms with van der Waals surface area (Å²) in [6.45, 7) is -0.169. The standard InChI is InChI=1S/C13H16N2O4/c1-18-10-4-2-3-9(13(14)17)12(10)19-7-11(16)15-8-5-6-8/h2-4,8H,5-7H2,1H3,(H2,14,17)(H,15,16). The summed E-state index contributed by atoms with van der Waals surface area (Å²) in [6, 6.07) is 5.07. The lowest BCUT2D eigenvalue weighted by Crippen LogP contribution is -2.31. The van der Waals surface area contributed by atoms with Crippen molar-refractivity contribution >= 4 is 11.8 Å². The summed E-state index contributed by atoms with van der Waals surface area (Å²) in [5.41, 5.74) is 5.45. The number of hydrogen-bond donors (Lipinski definition) is 2. The van der Waals surface area contributed by atoms with E-state index in [9.17, 15) is 9.59 Å². The van der Waals surface area contributed by atoms with Crippen LogP contribution in [0.15, 0.2) is 18.2 Å². The van der Waals surface area contributed by atoms with Gasteiger partial charge in [-0.25, -0.2) is 0 Å². The minimum atomic E-state index is -0.628. The summed E-state index contributed by atoms with van der Waals surface area (Å²) in [7, 11) is 1.46. The number of nitrogens with one attached hydrogen (secondary N) is 1. The monoisotopic (exact) mass is 264 g/mol. The van der Waals surface area contributed by atoms with Gasteiger partial charge in [0.05, 0.1) is 12.7 Å². The van der Waals surface area contributed by atoms with E-state index in [2.05, 4.69) is 5.32 Å². The lowest BCUT2D eigenvalue weighted by atomic mass is 10.2. The highest BCUT2D eigenvalue weighted by atomic mass is 16.5. The number of carbonyl (C=O) groups excluding carboxylic acids is 2. The summed E-state index contributed by atoms with van der Waals surface area (Å²) >= 11 is 0. The van der Waals surface area contributed by atoms with Gasteiger partial charge in [-0.2, -0.15) is 0 Å². The van der Waals surface area contributed by atoms with Crippen molar-refractivity contribution in [1.29, 1.82) is 0 Å². The molecular formula is C13H16N2O4. The van der Waals surface area contributed by atoms with E-state index >= 15 is 0 Å². The molecule has 0 aliphatic heterocycles. The Morgan fingerprint density at radius 2 is 2.16 bits per heavy atom. The van der Waals surface area contributed by atoms with Gasteiger partial charge in [-0.15, -0.1) is 0 Å². The summed E-state index contributed by atoms with van der Waals surface area (Å²) in [5, 5.41) is 2.79. The second kappa shape index (κ2) is 5.60. The van der Waals surface area contributed by atoms with Gasteiger partial charge >= 0.3 is 0 Å². The van der Waals surface area contributed by atoms with Gasteiger partial charge in [-0.3, -0.25) is 9.59 Å². The van der Waals surface area contributed by atoms with E-state index in [1.165, 1.54) is 13.2 Å². The zero-order chi connectivity index (χ0) is 13.8. The van der Waals surface area contributed by atoms with Crippen molar-refractivity contribution in [1.82, 2.24) is 5.32 Å². The minimum Gasteiger partial charge on any atom is -0.493 e. The Hall–Kier alpha value is -2.24. The second-order valence-electron chi connectivity index (χ2n) is 4.33. The first-order valence-corrected chi connectivity index (χ1v) is 6.00. The number of methoxy groups -OCH3 is 1. The molecule has 1 aromatic rings. The van der Waals surface area contributed by atoms with Gasteiger partial charge in [0.2, 0.25) is 0 Å². The molecule has 0 bridgehead atoms. The van der Waals surface area contributed by atoms with Crippen molar-refractivity contribution in [3.05, 3.63) is 23.8 Å². The SMILES string of the molecule is COc1cccc(C(N)=O)c1OCC(=O)NC1CC1. The number of benzene rings is 1. The molecule has 1 fully saturated rings. The average Bonchev–Trinajstić information content (AvgIpc) is 3.19. The highest BCUT2D eigenvalue weighted by molar-refractivity contribution is 5.96. The van der Waals surface area contributed by atoms with Crippen molar-refractivity contribution in [3.8, 4) is 11.5 Å². The molecule has 2 rings (SSSR count). The highest BCUT2D eigenvalue weighted by Crippen LogP contribution is 2.30. The predicted octanol–water partition coefficient (Wildman–Crippen LogP) is 0.451. The molecule has 0 spiro atoms. The third kappa shape index (κ3) is 3.37. The minimum absolute atomic E-state index is 0.169. The lowest BCUT2D eigenvalue weighted by Gasteiger charge is -2.13. The molecule has 0 radical (unpaired) electrons. The molecule has 1 aromatic carbocycles. The number of primary amides is 1. The van der Waals surface area contributed by atoms with E-state index in [4.69, 9.17) is 15.2 Å². The van der Waals surface area contributed by atoms with E-state index < -0.39 is 5.91 Å². The topological polar surface area (TPSA) is 90.7 Å². The molecule has 0 saturated heterocycles. The largest absolute Gasteiger partial charge is 0.493 e. The molecule has 1 aliphatic carbocycles. The molecule has 0 atom stereocenters. The Morgan fingerprint density at radius 3 is 2.74 bits per heavy atom. The van der Waals surface area contributed by atoms with E-state index in [1.54, 1.807) is 12.1 Å². The van der Waals surface area contributed by atoms with Crippen LogP contribution < -0.4 is 20.5 Å². The van der Waals surface area contributed by atoms with Crippen LogP contribution in [0.5, 0.6) is 11.5 Å². The summed E-state index contributed by atoms with van der Waals surface area (Å²) in [6.07, 6.45) is 2.01. The number of hydrogen-bond acceptors (Lipinski definition) is 4. The molecule has 2 amide bonds. The van der Waals surface area contributed by atoms with Crippen molar-refractivity contribution < 1.29 is 19.1 Å². The smallest absolute Gasteiger partial charge is 0.258 e. The Kier molecular flexibility index (Phi) is 3.89. The fraction of sp³-hybridized carbons (Fsp3) is 0.385. The first-order valence-electron chi connectivity index (χ1n) is 6.00. The highest BCUT2D eigenvalue weighted by Gasteiger charge is 2.24. The van der Waals surface area contributed by atoms with Gasteiger partial charge in [0, 0.05) is 6.04 Å². The molecule has 1 saturated carbocycles. The average molecular weight is 264 g/mol. The molecule has 0 unspecified atom stereocenters. The number of rotatable bonds is 6. The third-order valence-electron chi connectivity index (χ3n) is 2.75. The maximum Gasteiger partial charge on any atom is 0.258 e. The Balaban J connectivity index is 2.08. The van der Waals surface area contributed by atoms with E-state index in [0.29, 0.717) is 5.75 Å². The lowest BCUT2D eigenvalue weighted by molar-refractivity contribution is -0.123.